The molecule has 2 amide bonds. The quantitative estimate of drug-likeness (QED) is 0.532. The van der Waals surface area contributed by atoms with E-state index in [1.807, 2.05) is 0 Å². The first-order chi connectivity index (χ1) is 8.00. The van der Waals surface area contributed by atoms with Crippen molar-refractivity contribution in [1.82, 2.24) is 10.3 Å². The maximum absolute atomic E-state index is 11.4. The van der Waals surface area contributed by atoms with E-state index in [2.05, 4.69) is 15.6 Å². The smallest absolute Gasteiger partial charge is 0.313 e. The molecular formula is C10H12ClN3O3. The van der Waals surface area contributed by atoms with Gasteiger partial charge in [-0.1, -0.05) is 11.6 Å². The first-order valence-corrected chi connectivity index (χ1v) is 5.26. The van der Waals surface area contributed by atoms with Crippen LogP contribution in [-0.2, 0) is 9.59 Å². The number of aliphatic hydroxyl groups excluding tert-OH is 1. The van der Waals surface area contributed by atoms with Crippen molar-refractivity contribution in [3.63, 3.8) is 0 Å². The molecule has 3 N–H and O–H groups in total. The number of nitrogens with one attached hydrogen (secondary N) is 2. The van der Waals surface area contributed by atoms with Crippen molar-refractivity contribution in [3.8, 4) is 0 Å². The SMILES string of the molecule is CC(O)CNC(=O)C(=O)Nc1cccnc1Cl. The molecule has 0 aromatic carbocycles. The predicted octanol–water partition coefficient (Wildman–Crippen LogP) is 0.170. The average Bonchev–Trinajstić information content (AvgIpc) is 2.28. The highest BCUT2D eigenvalue weighted by molar-refractivity contribution is 6.41. The van der Waals surface area contributed by atoms with Gasteiger partial charge in [0.05, 0.1) is 11.8 Å². The summed E-state index contributed by atoms with van der Waals surface area (Å²) in [6.45, 7) is 1.50. The van der Waals surface area contributed by atoms with Gasteiger partial charge in [0.25, 0.3) is 0 Å². The van der Waals surface area contributed by atoms with Gasteiger partial charge in [0.1, 0.15) is 0 Å². The third-order valence-corrected chi connectivity index (χ3v) is 2.07. The molecule has 1 aromatic heterocycles. The van der Waals surface area contributed by atoms with Crippen LogP contribution in [0.1, 0.15) is 6.92 Å². The second-order valence-corrected chi connectivity index (χ2v) is 3.71. The second-order valence-electron chi connectivity index (χ2n) is 3.35. The highest BCUT2D eigenvalue weighted by Gasteiger charge is 2.15. The number of halogens is 1. The number of hydrogen-bond acceptors (Lipinski definition) is 4. The molecular weight excluding hydrogens is 246 g/mol. The van der Waals surface area contributed by atoms with Gasteiger partial charge in [-0.2, -0.15) is 0 Å². The summed E-state index contributed by atoms with van der Waals surface area (Å²) >= 11 is 5.70. The van der Waals surface area contributed by atoms with Gasteiger partial charge in [0.2, 0.25) is 0 Å². The van der Waals surface area contributed by atoms with Crippen LogP contribution in [0.5, 0.6) is 0 Å². The molecule has 92 valence electrons. The zero-order valence-corrected chi connectivity index (χ0v) is 9.86. The minimum Gasteiger partial charge on any atom is -0.392 e. The number of carbonyl (C=O) groups is 2. The summed E-state index contributed by atoms with van der Waals surface area (Å²) in [5, 5.41) is 13.6. The van der Waals surface area contributed by atoms with E-state index in [9.17, 15) is 9.59 Å². The number of nitrogens with zero attached hydrogens (tertiary/aromatic N) is 1. The summed E-state index contributed by atoms with van der Waals surface area (Å²) in [5.74, 6) is -1.70. The van der Waals surface area contributed by atoms with Gasteiger partial charge >= 0.3 is 11.8 Å². The highest BCUT2D eigenvalue weighted by Crippen LogP contribution is 2.16. The summed E-state index contributed by atoms with van der Waals surface area (Å²) in [6, 6.07) is 3.10. The molecule has 0 aliphatic carbocycles. The number of rotatable bonds is 3. The Kier molecular flexibility index (Phi) is 4.86. The Morgan fingerprint density at radius 3 is 2.82 bits per heavy atom. The molecule has 0 radical (unpaired) electrons. The fourth-order valence-corrected chi connectivity index (χ4v) is 1.15. The third-order valence-electron chi connectivity index (χ3n) is 1.77. The van der Waals surface area contributed by atoms with Crippen molar-refractivity contribution >= 4 is 29.1 Å². The Bertz CT molecular complexity index is 423. The van der Waals surface area contributed by atoms with Gasteiger partial charge in [-0.3, -0.25) is 9.59 Å². The Hall–Kier alpha value is -1.66. The largest absolute Gasteiger partial charge is 0.392 e. The van der Waals surface area contributed by atoms with E-state index in [0.717, 1.165) is 0 Å². The summed E-state index contributed by atoms with van der Waals surface area (Å²) < 4.78 is 0. The minimum absolute atomic E-state index is 0.00697. The topological polar surface area (TPSA) is 91.3 Å². The van der Waals surface area contributed by atoms with Gasteiger partial charge < -0.3 is 15.7 Å². The normalized spacial score (nSPS) is 11.7. The Morgan fingerprint density at radius 2 is 2.24 bits per heavy atom. The minimum atomic E-state index is -0.861. The van der Waals surface area contributed by atoms with Crippen molar-refractivity contribution in [2.45, 2.75) is 13.0 Å². The lowest BCUT2D eigenvalue weighted by molar-refractivity contribution is -0.136. The molecule has 1 rings (SSSR count). The number of aromatic nitrogens is 1. The van der Waals surface area contributed by atoms with Crippen LogP contribution in [0.3, 0.4) is 0 Å². The number of amides is 2. The molecule has 0 fully saturated rings. The predicted molar refractivity (Wildman–Crippen MR) is 62.6 cm³/mol. The maximum atomic E-state index is 11.4. The molecule has 0 bridgehead atoms. The van der Waals surface area contributed by atoms with E-state index in [4.69, 9.17) is 16.7 Å². The van der Waals surface area contributed by atoms with Gasteiger partial charge in [-0.05, 0) is 19.1 Å². The molecule has 1 unspecified atom stereocenters. The number of hydrogen-bond donors (Lipinski definition) is 3. The first-order valence-electron chi connectivity index (χ1n) is 4.88. The molecule has 1 aromatic rings. The molecule has 7 heteroatoms. The van der Waals surface area contributed by atoms with Crippen molar-refractivity contribution in [2.24, 2.45) is 0 Å². The molecule has 0 saturated heterocycles. The Balaban J connectivity index is 2.55. The van der Waals surface area contributed by atoms with E-state index >= 15 is 0 Å². The average molecular weight is 258 g/mol. The van der Waals surface area contributed by atoms with Crippen LogP contribution >= 0.6 is 11.6 Å². The summed E-state index contributed by atoms with van der Waals surface area (Å²) in [5.41, 5.74) is 0.256. The summed E-state index contributed by atoms with van der Waals surface area (Å²) in [4.78, 5) is 26.4. The second kappa shape index (κ2) is 6.17. The lowest BCUT2D eigenvalue weighted by Gasteiger charge is -2.08. The first kappa shape index (κ1) is 13.4. The van der Waals surface area contributed by atoms with E-state index in [-0.39, 0.29) is 17.4 Å². The molecule has 1 heterocycles. The third kappa shape index (κ3) is 4.38. The van der Waals surface area contributed by atoms with Crippen molar-refractivity contribution < 1.29 is 14.7 Å². The summed E-state index contributed by atoms with van der Waals surface area (Å²) in [7, 11) is 0. The maximum Gasteiger partial charge on any atom is 0.313 e. The van der Waals surface area contributed by atoms with E-state index in [1.54, 1.807) is 6.07 Å². The van der Waals surface area contributed by atoms with E-state index < -0.39 is 17.9 Å². The molecule has 6 nitrogen and oxygen atoms in total. The summed E-state index contributed by atoms with van der Waals surface area (Å²) in [6.07, 6.45) is 0.750. The molecule has 0 spiro atoms. The zero-order valence-electron chi connectivity index (χ0n) is 9.11. The van der Waals surface area contributed by atoms with Gasteiger partial charge in [-0.15, -0.1) is 0 Å². The highest BCUT2D eigenvalue weighted by atomic mass is 35.5. The lowest BCUT2D eigenvalue weighted by Crippen LogP contribution is -2.38. The van der Waals surface area contributed by atoms with Crippen LogP contribution < -0.4 is 10.6 Å². The lowest BCUT2D eigenvalue weighted by atomic mass is 10.4. The molecule has 0 saturated carbocycles. The fraction of sp³-hybridized carbons (Fsp3) is 0.300. The molecule has 0 aliphatic heterocycles. The molecule has 0 aliphatic rings. The number of anilines is 1. The van der Waals surface area contributed by atoms with Crippen molar-refractivity contribution in [3.05, 3.63) is 23.5 Å². The van der Waals surface area contributed by atoms with Crippen LogP contribution in [0.4, 0.5) is 5.69 Å². The van der Waals surface area contributed by atoms with Crippen LogP contribution in [0.25, 0.3) is 0 Å². The fourth-order valence-electron chi connectivity index (χ4n) is 0.979. The number of carbonyl (C=O) groups excluding carboxylic acids is 2. The number of pyridine rings is 1. The van der Waals surface area contributed by atoms with Gasteiger partial charge in [-0.25, -0.2) is 4.98 Å². The monoisotopic (exact) mass is 257 g/mol. The van der Waals surface area contributed by atoms with Crippen LogP contribution in [0.2, 0.25) is 5.15 Å². The van der Waals surface area contributed by atoms with Crippen LogP contribution in [0, 0.1) is 0 Å². The van der Waals surface area contributed by atoms with Gasteiger partial charge in [0, 0.05) is 12.7 Å². The molecule has 17 heavy (non-hydrogen) atoms. The van der Waals surface area contributed by atoms with Crippen LogP contribution in [-0.4, -0.2) is 34.6 Å². The van der Waals surface area contributed by atoms with E-state index in [1.165, 1.54) is 19.2 Å². The Labute approximate surface area is 103 Å². The standard InChI is InChI=1S/C10H12ClN3O3/c1-6(15)5-13-9(16)10(17)14-7-3-2-4-12-8(7)11/h2-4,6,15H,5H2,1H3,(H,13,16)(H,14,17). The van der Waals surface area contributed by atoms with Crippen LogP contribution in [0.15, 0.2) is 18.3 Å². The van der Waals surface area contributed by atoms with E-state index in [0.29, 0.717) is 0 Å². The number of aliphatic hydroxyl groups is 1. The van der Waals surface area contributed by atoms with Crippen molar-refractivity contribution in [1.29, 1.82) is 0 Å². The van der Waals surface area contributed by atoms with Crippen molar-refractivity contribution in [2.75, 3.05) is 11.9 Å². The van der Waals surface area contributed by atoms with Gasteiger partial charge in [0.15, 0.2) is 5.15 Å². The molecule has 1 atom stereocenters. The Morgan fingerprint density at radius 1 is 1.53 bits per heavy atom. The zero-order chi connectivity index (χ0) is 12.8.